The summed E-state index contributed by atoms with van der Waals surface area (Å²) in [6, 6.07) is 9.62. The first-order valence-corrected chi connectivity index (χ1v) is 9.04. The molecular weight excluding hydrogens is 368 g/mol. The fraction of sp³-hybridized carbons (Fsp3) is 0.368. The molecule has 0 saturated carbocycles. The Bertz CT molecular complexity index is 687. The lowest BCUT2D eigenvalue weighted by atomic mass is 9.73. The molecule has 0 radical (unpaired) electrons. The Morgan fingerprint density at radius 1 is 1.21 bits per heavy atom. The summed E-state index contributed by atoms with van der Waals surface area (Å²) in [6.45, 7) is 1.43. The van der Waals surface area contributed by atoms with Gasteiger partial charge < -0.3 is 10.0 Å². The monoisotopic (exact) mass is 388 g/mol. The van der Waals surface area contributed by atoms with Crippen molar-refractivity contribution in [2.75, 3.05) is 13.1 Å². The molecule has 1 aromatic carbocycles. The molecule has 0 bridgehead atoms. The van der Waals surface area contributed by atoms with Crippen molar-refractivity contribution in [2.45, 2.75) is 31.1 Å². The Morgan fingerprint density at radius 2 is 1.92 bits per heavy atom. The average Bonchev–Trinajstić information content (AvgIpc) is 2.59. The minimum absolute atomic E-state index is 0.603. The number of aliphatic carboxylic acids is 1. The van der Waals surface area contributed by atoms with Crippen LogP contribution in [0.25, 0.3) is 0 Å². The quantitative estimate of drug-likeness (QED) is 0.829. The Labute approximate surface area is 150 Å². The van der Waals surface area contributed by atoms with E-state index in [0.717, 1.165) is 41.8 Å². The highest BCUT2D eigenvalue weighted by Crippen LogP contribution is 2.36. The van der Waals surface area contributed by atoms with Crippen LogP contribution >= 0.6 is 15.9 Å². The minimum atomic E-state index is -0.781. The molecule has 1 fully saturated rings. The Morgan fingerprint density at radius 3 is 2.58 bits per heavy atom. The third-order valence-electron chi connectivity index (χ3n) is 4.87. The predicted molar refractivity (Wildman–Crippen MR) is 99.4 cm³/mol. The molecule has 1 aromatic rings. The van der Waals surface area contributed by atoms with Crippen molar-refractivity contribution < 1.29 is 9.90 Å². The largest absolute Gasteiger partial charge is 0.481 e. The third kappa shape index (κ3) is 3.46. The van der Waals surface area contributed by atoms with E-state index in [0.29, 0.717) is 12.8 Å². The molecule has 5 heteroatoms. The fourth-order valence-electron chi connectivity index (χ4n) is 3.42. The smallest absolute Gasteiger partial charge is 0.314 e. The van der Waals surface area contributed by atoms with Crippen LogP contribution in [-0.4, -0.2) is 34.9 Å². The van der Waals surface area contributed by atoms with E-state index in [1.54, 1.807) is 0 Å². The van der Waals surface area contributed by atoms with Gasteiger partial charge in [-0.15, -0.1) is 0 Å². The number of carboxylic acid groups (broad SMARTS) is 1. The Kier molecular flexibility index (Phi) is 5.19. The summed E-state index contributed by atoms with van der Waals surface area (Å²) in [4.78, 5) is 18.9. The van der Waals surface area contributed by atoms with Gasteiger partial charge in [0.05, 0.1) is 5.41 Å². The molecule has 3 rings (SSSR count). The number of rotatable bonds is 2. The van der Waals surface area contributed by atoms with Crippen LogP contribution in [0, 0.1) is 0 Å². The van der Waals surface area contributed by atoms with Crippen LogP contribution in [0.4, 0.5) is 0 Å². The molecule has 0 spiro atoms. The van der Waals surface area contributed by atoms with Crippen LogP contribution in [0.15, 0.2) is 58.2 Å². The zero-order valence-corrected chi connectivity index (χ0v) is 15.1. The van der Waals surface area contributed by atoms with Crippen molar-refractivity contribution in [3.8, 4) is 0 Å². The van der Waals surface area contributed by atoms with Gasteiger partial charge in [0.25, 0.3) is 0 Å². The van der Waals surface area contributed by atoms with Gasteiger partial charge in [-0.2, -0.15) is 0 Å². The number of piperidine rings is 1. The van der Waals surface area contributed by atoms with Gasteiger partial charge >= 0.3 is 5.97 Å². The summed E-state index contributed by atoms with van der Waals surface area (Å²) in [5, 5.41) is 9.88. The molecule has 0 amide bonds. The van der Waals surface area contributed by atoms with Crippen molar-refractivity contribution in [3.63, 3.8) is 0 Å². The van der Waals surface area contributed by atoms with Gasteiger partial charge in [0.1, 0.15) is 5.84 Å². The molecule has 0 atom stereocenters. The second-order valence-electron chi connectivity index (χ2n) is 6.24. The van der Waals surface area contributed by atoms with Gasteiger partial charge in [-0.3, -0.25) is 4.79 Å². The van der Waals surface area contributed by atoms with Gasteiger partial charge in [-0.1, -0.05) is 42.5 Å². The Hall–Kier alpha value is -1.88. The minimum Gasteiger partial charge on any atom is -0.481 e. The number of aliphatic imine (C=N–C) groups is 1. The second-order valence-corrected chi connectivity index (χ2v) is 7.16. The molecule has 0 unspecified atom stereocenters. The van der Waals surface area contributed by atoms with Gasteiger partial charge in [-0.05, 0) is 40.8 Å². The number of hydrogen-bond donors (Lipinski definition) is 1. The zero-order chi connectivity index (χ0) is 17.0. The number of amidine groups is 1. The van der Waals surface area contributed by atoms with E-state index in [2.05, 4.69) is 31.9 Å². The number of carbonyl (C=O) groups is 1. The first-order valence-electron chi connectivity index (χ1n) is 8.24. The van der Waals surface area contributed by atoms with Crippen molar-refractivity contribution in [3.05, 3.63) is 58.7 Å². The summed E-state index contributed by atoms with van der Waals surface area (Å²) < 4.78 is 0.959. The fourth-order valence-corrected chi connectivity index (χ4v) is 3.71. The number of halogens is 1. The van der Waals surface area contributed by atoms with Crippen molar-refractivity contribution >= 4 is 27.7 Å². The van der Waals surface area contributed by atoms with Crippen LogP contribution in [0.1, 0.15) is 31.2 Å². The summed E-state index contributed by atoms with van der Waals surface area (Å²) in [7, 11) is 0. The van der Waals surface area contributed by atoms with E-state index < -0.39 is 11.4 Å². The van der Waals surface area contributed by atoms with Gasteiger partial charge in [0.2, 0.25) is 0 Å². The van der Waals surface area contributed by atoms with Crippen LogP contribution in [0.3, 0.4) is 0 Å². The second kappa shape index (κ2) is 7.34. The molecule has 0 aliphatic carbocycles. The highest BCUT2D eigenvalue weighted by Gasteiger charge is 2.43. The average molecular weight is 389 g/mol. The van der Waals surface area contributed by atoms with Crippen molar-refractivity contribution in [1.29, 1.82) is 0 Å². The van der Waals surface area contributed by atoms with Crippen LogP contribution in [-0.2, 0) is 10.2 Å². The molecular formula is C19H21BrN2O2. The highest BCUT2D eigenvalue weighted by molar-refractivity contribution is 9.11. The number of likely N-dealkylation sites (tertiary alicyclic amines) is 1. The van der Waals surface area contributed by atoms with Crippen LogP contribution in [0.5, 0.6) is 0 Å². The highest BCUT2D eigenvalue weighted by atomic mass is 79.9. The molecule has 0 aromatic heterocycles. The standard InChI is InChI=1S/C19H21BrN2O2/c20-16-8-4-5-9-17(21-14-16)22-12-10-19(11-13-22,18(23)24)15-6-2-1-3-7-15/h1-4,6-8,14H,5,9-13H2,(H,23,24). The van der Waals surface area contributed by atoms with E-state index in [4.69, 9.17) is 0 Å². The zero-order valence-electron chi connectivity index (χ0n) is 13.5. The number of nitrogens with zero attached hydrogens (tertiary/aromatic N) is 2. The van der Waals surface area contributed by atoms with E-state index in [-0.39, 0.29) is 0 Å². The van der Waals surface area contributed by atoms with Gasteiger partial charge in [0, 0.05) is 30.2 Å². The maximum Gasteiger partial charge on any atom is 0.314 e. The molecule has 2 aliphatic rings. The van der Waals surface area contributed by atoms with Gasteiger partial charge in [-0.25, -0.2) is 4.99 Å². The predicted octanol–water partition coefficient (Wildman–Crippen LogP) is 4.09. The summed E-state index contributed by atoms with van der Waals surface area (Å²) in [5.41, 5.74) is 0.123. The lowest BCUT2D eigenvalue weighted by molar-refractivity contribution is -0.145. The van der Waals surface area contributed by atoms with Crippen LogP contribution < -0.4 is 0 Å². The first-order chi connectivity index (χ1) is 11.6. The maximum atomic E-state index is 12.0. The van der Waals surface area contributed by atoms with Crippen molar-refractivity contribution in [2.24, 2.45) is 4.99 Å². The topological polar surface area (TPSA) is 52.9 Å². The van der Waals surface area contributed by atoms with Crippen LogP contribution in [0.2, 0.25) is 0 Å². The maximum absolute atomic E-state index is 12.0. The third-order valence-corrected chi connectivity index (χ3v) is 5.34. The number of benzene rings is 1. The normalized spacial score (nSPS) is 20.6. The molecule has 1 N–H and O–H groups in total. The Balaban J connectivity index is 1.78. The van der Waals surface area contributed by atoms with E-state index >= 15 is 0 Å². The molecule has 2 aliphatic heterocycles. The number of hydrogen-bond acceptors (Lipinski definition) is 3. The lowest BCUT2D eigenvalue weighted by Gasteiger charge is -2.40. The first kappa shape index (κ1) is 17.0. The number of allylic oxidation sites excluding steroid dienone is 3. The van der Waals surface area contributed by atoms with E-state index in [9.17, 15) is 9.90 Å². The van der Waals surface area contributed by atoms with Gasteiger partial charge in [0.15, 0.2) is 0 Å². The van der Waals surface area contributed by atoms with E-state index in [1.807, 2.05) is 42.6 Å². The molecule has 126 valence electrons. The molecule has 4 nitrogen and oxygen atoms in total. The molecule has 2 heterocycles. The number of carboxylic acids is 1. The van der Waals surface area contributed by atoms with Crippen molar-refractivity contribution in [1.82, 2.24) is 4.90 Å². The summed E-state index contributed by atoms with van der Waals surface area (Å²) in [5.74, 6) is 0.321. The molecule has 1 saturated heterocycles. The molecule has 24 heavy (non-hydrogen) atoms. The summed E-state index contributed by atoms with van der Waals surface area (Å²) >= 11 is 3.46. The summed E-state index contributed by atoms with van der Waals surface area (Å²) in [6.07, 6.45) is 9.01. The lowest BCUT2D eigenvalue weighted by Crippen LogP contribution is -2.49. The van der Waals surface area contributed by atoms with E-state index in [1.165, 1.54) is 0 Å². The SMILES string of the molecule is O=C(O)C1(c2ccccc2)CCN(C2=NC=C(Br)C=CCC2)CC1.